The molecule has 0 aliphatic carbocycles. The molecule has 4 aromatic carbocycles. The van der Waals surface area contributed by atoms with Crippen LogP contribution in [-0.2, 0) is 14.2 Å². The number of nitrogens with zero attached hydrogens (tertiary/aromatic N) is 6. The van der Waals surface area contributed by atoms with Gasteiger partial charge in [-0.15, -0.1) is 0 Å². The van der Waals surface area contributed by atoms with Crippen LogP contribution in [0.4, 0.5) is 0 Å². The minimum atomic E-state index is -0.194. The Morgan fingerprint density at radius 1 is 0.412 bits per heavy atom. The van der Waals surface area contributed by atoms with Crippen LogP contribution in [0.25, 0.3) is 89.7 Å². The van der Waals surface area contributed by atoms with E-state index in [1.54, 1.807) is 14.2 Å². The second-order valence-electron chi connectivity index (χ2n) is 11.5. The fourth-order valence-corrected chi connectivity index (χ4v) is 5.97. The largest absolute Gasteiger partial charge is 0.324 e. The van der Waals surface area contributed by atoms with Crippen molar-refractivity contribution in [2.24, 2.45) is 0 Å². The zero-order chi connectivity index (χ0) is 33.5. The Labute approximate surface area is 378 Å². The van der Waals surface area contributed by atoms with Crippen molar-refractivity contribution in [2.45, 2.75) is 26.4 Å². The standard InChI is InChI=1S/C32H18N8.C6H14O3.2K.2H/c1-2-10-18-17(9-1)25-33-26(18)38-28-21-13-5-6-14-22(21)30(35-28)40-32-24-16-8-7-15-23(24)31(36-32)39-29-20-12-4-3-11-19(20)27(34-29)37-25;1-5(7-3)9-6(2)8-4;;;;/h1-16H,(H2,33,34,35,36,37,38,39,40);5-6H,1-4H3;;;;. The molecule has 8 bridgehead atoms. The molecule has 11 nitrogen and oxygen atoms in total. The second-order valence-corrected chi connectivity index (χ2v) is 11.5. The van der Waals surface area contributed by atoms with Gasteiger partial charge in [0.25, 0.3) is 0 Å². The number of hydrogen-bond donors (Lipinski definition) is 2. The summed E-state index contributed by atoms with van der Waals surface area (Å²) in [4.78, 5) is 36.8. The molecule has 13 heteroatoms. The Bertz CT molecular complexity index is 2210. The zero-order valence-electron chi connectivity index (χ0n) is 27.3. The number of rotatable bonds is 4. The molecule has 3 aromatic heterocycles. The first kappa shape index (κ1) is 38.1. The normalized spacial score (nSPS) is 12.5. The van der Waals surface area contributed by atoms with E-state index < -0.39 is 0 Å². The van der Waals surface area contributed by atoms with Crippen LogP contribution in [0.2, 0.25) is 0 Å². The Morgan fingerprint density at radius 2 is 0.667 bits per heavy atom. The molecule has 2 aliphatic heterocycles. The minimum absolute atomic E-state index is 0. The van der Waals surface area contributed by atoms with Gasteiger partial charge < -0.3 is 24.2 Å². The molecule has 5 heterocycles. The molecule has 0 amide bonds. The smallest absolute Gasteiger partial charge is 0.164 e. The number of fused-ring (bicyclic) bond motifs is 20. The zero-order valence-corrected chi connectivity index (χ0v) is 27.3. The van der Waals surface area contributed by atoms with Crippen molar-refractivity contribution in [3.05, 3.63) is 97.1 Å². The van der Waals surface area contributed by atoms with Gasteiger partial charge in [-0.25, -0.2) is 29.9 Å². The van der Waals surface area contributed by atoms with Gasteiger partial charge >= 0.3 is 103 Å². The summed E-state index contributed by atoms with van der Waals surface area (Å²) in [5, 5.41) is 3.82. The van der Waals surface area contributed by atoms with Crippen LogP contribution in [0.15, 0.2) is 97.1 Å². The van der Waals surface area contributed by atoms with Crippen LogP contribution in [0.1, 0.15) is 13.8 Å². The summed E-state index contributed by atoms with van der Waals surface area (Å²) in [5.41, 5.74) is 6.45. The molecule has 0 saturated carbocycles. The summed E-state index contributed by atoms with van der Waals surface area (Å²) in [7, 11) is 3.18. The predicted octanol–water partition coefficient (Wildman–Crippen LogP) is 6.56. The molecule has 7 aromatic rings. The van der Waals surface area contributed by atoms with E-state index in [0.29, 0.717) is 45.9 Å². The molecule has 0 fully saturated rings. The van der Waals surface area contributed by atoms with Crippen molar-refractivity contribution in [3.8, 4) is 45.6 Å². The van der Waals surface area contributed by atoms with Gasteiger partial charge in [0.05, 0.1) is 0 Å². The topological polar surface area (TPSA) is 137 Å². The van der Waals surface area contributed by atoms with E-state index >= 15 is 0 Å². The van der Waals surface area contributed by atoms with E-state index in [-0.39, 0.29) is 115 Å². The first-order valence-corrected chi connectivity index (χ1v) is 15.9. The molecule has 246 valence electrons. The quantitative estimate of drug-likeness (QED) is 0.153. The van der Waals surface area contributed by atoms with Crippen LogP contribution in [0.5, 0.6) is 0 Å². The van der Waals surface area contributed by atoms with Crippen LogP contribution in [0, 0.1) is 0 Å². The number of benzene rings is 4. The minimum Gasteiger partial charge on any atom is -0.324 e. The van der Waals surface area contributed by atoms with Gasteiger partial charge in [0.15, 0.2) is 35.9 Å². The third-order valence-corrected chi connectivity index (χ3v) is 8.51. The maximum atomic E-state index is 5.10. The monoisotopic (exact) mass is 728 g/mol. The SMILES string of the molecule is COC(C)OC(C)OC.[KH].[KH].c1ccc2c(c1)-c1nc-2nc2[nH]c(nc3nc(nc4[nH]c(n1)c1ccccc41)-c1ccccc1-3)c1ccccc21. The maximum Gasteiger partial charge on any atom is 0.164 e. The van der Waals surface area contributed by atoms with Crippen LogP contribution in [-0.4, -0.2) is 169 Å². The summed E-state index contributed by atoms with van der Waals surface area (Å²) in [6.45, 7) is 3.63. The number of hydrogen-bond acceptors (Lipinski definition) is 9. The molecule has 51 heavy (non-hydrogen) atoms. The number of methoxy groups -OCH3 is 2. The van der Waals surface area contributed by atoms with Crippen LogP contribution in [0.3, 0.4) is 0 Å². The van der Waals surface area contributed by atoms with Crippen molar-refractivity contribution >= 4 is 147 Å². The summed E-state index contributed by atoms with van der Waals surface area (Å²) in [6, 6.07) is 32.2. The molecule has 2 N–H and O–H groups in total. The molecule has 0 spiro atoms. The molecule has 0 saturated heterocycles. The fourth-order valence-electron chi connectivity index (χ4n) is 5.97. The van der Waals surface area contributed by atoms with E-state index in [0.717, 1.165) is 43.8 Å². The van der Waals surface area contributed by atoms with Crippen LogP contribution < -0.4 is 0 Å². The van der Waals surface area contributed by atoms with Gasteiger partial charge in [0.1, 0.15) is 22.6 Å². The molecule has 2 unspecified atom stereocenters. The average Bonchev–Trinajstić information content (AvgIpc) is 3.87. The number of aromatic nitrogens is 8. The summed E-state index contributed by atoms with van der Waals surface area (Å²) in [6.07, 6.45) is -0.389. The predicted molar refractivity (Wildman–Crippen MR) is 204 cm³/mol. The Morgan fingerprint density at radius 3 is 0.922 bits per heavy atom. The van der Waals surface area contributed by atoms with E-state index in [4.69, 9.17) is 44.1 Å². The Balaban J connectivity index is 0.000000364. The van der Waals surface area contributed by atoms with Crippen LogP contribution >= 0.6 is 0 Å². The summed E-state index contributed by atoms with van der Waals surface area (Å²) in [5.74, 6) is 2.39. The molecule has 9 rings (SSSR count). The van der Waals surface area contributed by atoms with Crippen molar-refractivity contribution in [2.75, 3.05) is 14.2 Å². The van der Waals surface area contributed by atoms with Crippen molar-refractivity contribution in [1.29, 1.82) is 0 Å². The molecule has 2 atom stereocenters. The Kier molecular flexibility index (Phi) is 12.4. The van der Waals surface area contributed by atoms with Crippen molar-refractivity contribution in [3.63, 3.8) is 0 Å². The van der Waals surface area contributed by atoms with Gasteiger partial charge in [0.2, 0.25) is 0 Å². The molecule has 2 aliphatic rings. The van der Waals surface area contributed by atoms with Gasteiger partial charge in [-0.3, -0.25) is 0 Å². The first-order chi connectivity index (χ1) is 24.0. The third kappa shape index (κ3) is 7.59. The maximum absolute atomic E-state index is 5.10. The number of ether oxygens (including phenoxy) is 3. The number of aromatic amines is 2. The summed E-state index contributed by atoms with van der Waals surface area (Å²) >= 11 is 0. The molecular formula is C38H34K2N8O3. The van der Waals surface area contributed by atoms with Gasteiger partial charge in [-0.2, -0.15) is 0 Å². The third-order valence-electron chi connectivity index (χ3n) is 8.51. The van der Waals surface area contributed by atoms with E-state index in [1.807, 2.05) is 111 Å². The first-order valence-electron chi connectivity index (χ1n) is 15.9. The Hall–Kier alpha value is -2.61. The van der Waals surface area contributed by atoms with Gasteiger partial charge in [-0.05, 0) is 13.8 Å². The van der Waals surface area contributed by atoms with Gasteiger partial charge in [0, 0.05) is 58.0 Å². The number of H-pyrrole nitrogens is 2. The number of nitrogens with one attached hydrogen (secondary N) is 2. The second kappa shape index (κ2) is 16.6. The van der Waals surface area contributed by atoms with E-state index in [9.17, 15) is 0 Å². The fraction of sp³-hybridized carbons (Fsp3) is 0.158. The molecule has 0 radical (unpaired) electrons. The van der Waals surface area contributed by atoms with Crippen molar-refractivity contribution in [1.82, 2.24) is 39.9 Å². The van der Waals surface area contributed by atoms with Crippen molar-refractivity contribution < 1.29 is 14.2 Å². The van der Waals surface area contributed by atoms with Gasteiger partial charge in [-0.1, -0.05) is 97.1 Å². The summed E-state index contributed by atoms with van der Waals surface area (Å²) < 4.78 is 14.7. The molecular weight excluding hydrogens is 695 g/mol. The average molecular weight is 729 g/mol. The van der Waals surface area contributed by atoms with E-state index in [1.165, 1.54) is 0 Å². The van der Waals surface area contributed by atoms with E-state index in [2.05, 4.69) is 9.97 Å².